The van der Waals surface area contributed by atoms with Crippen LogP contribution in [0.5, 0.6) is 0 Å². The first kappa shape index (κ1) is 14.5. The lowest BCUT2D eigenvalue weighted by atomic mass is 9.92. The van der Waals surface area contributed by atoms with E-state index in [1.165, 1.54) is 12.8 Å². The van der Waals surface area contributed by atoms with Crippen LogP contribution < -0.4 is 0 Å². The van der Waals surface area contributed by atoms with Gasteiger partial charge < -0.3 is 5.11 Å². The second-order valence-electron chi connectivity index (χ2n) is 5.44. The minimum Gasteiger partial charge on any atom is -0.480 e. The van der Waals surface area contributed by atoms with Crippen molar-refractivity contribution < 1.29 is 9.90 Å². The van der Waals surface area contributed by atoms with E-state index in [1.807, 2.05) is 6.92 Å². The molecule has 1 rings (SSSR count). The fourth-order valence-electron chi connectivity index (χ4n) is 2.68. The second kappa shape index (κ2) is 7.00. The van der Waals surface area contributed by atoms with Gasteiger partial charge in [0.05, 0.1) is 0 Å². The van der Waals surface area contributed by atoms with Crippen LogP contribution in [0.4, 0.5) is 0 Å². The van der Waals surface area contributed by atoms with Crippen LogP contribution in [-0.4, -0.2) is 34.6 Å². The van der Waals surface area contributed by atoms with Crippen molar-refractivity contribution in [2.24, 2.45) is 0 Å². The first-order valence-corrected chi connectivity index (χ1v) is 7.09. The summed E-state index contributed by atoms with van der Waals surface area (Å²) in [6, 6.07) is 0. The molecule has 1 atom stereocenters. The van der Waals surface area contributed by atoms with Crippen LogP contribution >= 0.6 is 0 Å². The second-order valence-corrected chi connectivity index (χ2v) is 5.44. The average molecular weight is 241 g/mol. The van der Waals surface area contributed by atoms with Crippen LogP contribution in [0, 0.1) is 0 Å². The molecule has 1 heterocycles. The van der Waals surface area contributed by atoms with Gasteiger partial charge in [0.1, 0.15) is 5.54 Å². The highest BCUT2D eigenvalue weighted by Gasteiger charge is 2.38. The van der Waals surface area contributed by atoms with Crippen molar-refractivity contribution in [2.45, 2.75) is 70.8 Å². The molecule has 0 saturated carbocycles. The zero-order valence-electron chi connectivity index (χ0n) is 11.4. The molecule has 0 aromatic rings. The molecular weight excluding hydrogens is 214 g/mol. The van der Waals surface area contributed by atoms with Crippen LogP contribution in [-0.2, 0) is 4.79 Å². The van der Waals surface area contributed by atoms with Gasteiger partial charge in [-0.2, -0.15) is 0 Å². The van der Waals surface area contributed by atoms with Gasteiger partial charge in [0.25, 0.3) is 0 Å². The number of rotatable bonds is 6. The maximum Gasteiger partial charge on any atom is 0.323 e. The predicted molar refractivity (Wildman–Crippen MR) is 70.2 cm³/mol. The van der Waals surface area contributed by atoms with Crippen molar-refractivity contribution >= 4 is 5.97 Å². The number of carboxylic acid groups (broad SMARTS) is 1. The van der Waals surface area contributed by atoms with Gasteiger partial charge in [-0.1, -0.05) is 39.0 Å². The molecule has 1 saturated heterocycles. The maximum absolute atomic E-state index is 11.6. The molecule has 17 heavy (non-hydrogen) atoms. The molecule has 0 bridgehead atoms. The standard InChI is InChI=1S/C14H27NO2/c1-3-4-7-10-14(2,13(16)17)15-11-8-5-6-9-12-15/h3-12H2,1-2H3,(H,16,17). The fraction of sp³-hybridized carbons (Fsp3) is 0.929. The average Bonchev–Trinajstić information content (AvgIpc) is 2.57. The Labute approximate surface area is 105 Å². The number of hydrogen-bond acceptors (Lipinski definition) is 2. The Kier molecular flexibility index (Phi) is 5.96. The molecule has 3 nitrogen and oxygen atoms in total. The summed E-state index contributed by atoms with van der Waals surface area (Å²) >= 11 is 0. The van der Waals surface area contributed by atoms with Gasteiger partial charge in [0.15, 0.2) is 0 Å². The number of aliphatic carboxylic acids is 1. The van der Waals surface area contributed by atoms with Crippen LogP contribution in [0.1, 0.15) is 65.2 Å². The normalized spacial score (nSPS) is 21.8. The third-order valence-electron chi connectivity index (χ3n) is 4.03. The Morgan fingerprint density at radius 2 is 1.76 bits per heavy atom. The molecule has 1 aliphatic rings. The Morgan fingerprint density at radius 3 is 2.24 bits per heavy atom. The molecule has 3 heteroatoms. The molecular formula is C14H27NO2. The topological polar surface area (TPSA) is 40.5 Å². The summed E-state index contributed by atoms with van der Waals surface area (Å²) in [7, 11) is 0. The Bertz CT molecular complexity index is 234. The summed E-state index contributed by atoms with van der Waals surface area (Å²) in [4.78, 5) is 13.8. The lowest BCUT2D eigenvalue weighted by Crippen LogP contribution is -2.52. The third kappa shape index (κ3) is 3.98. The maximum atomic E-state index is 11.6. The Hall–Kier alpha value is -0.570. The largest absolute Gasteiger partial charge is 0.480 e. The van der Waals surface area contributed by atoms with E-state index >= 15 is 0 Å². The number of nitrogens with zero attached hydrogens (tertiary/aromatic N) is 1. The van der Waals surface area contributed by atoms with Crippen LogP contribution in [0.25, 0.3) is 0 Å². The molecule has 0 amide bonds. The van der Waals surface area contributed by atoms with E-state index in [2.05, 4.69) is 11.8 Å². The highest BCUT2D eigenvalue weighted by Crippen LogP contribution is 2.26. The summed E-state index contributed by atoms with van der Waals surface area (Å²) < 4.78 is 0. The fourth-order valence-corrected chi connectivity index (χ4v) is 2.68. The summed E-state index contributed by atoms with van der Waals surface area (Å²) in [6.45, 7) is 5.98. The van der Waals surface area contributed by atoms with Gasteiger partial charge in [0, 0.05) is 0 Å². The highest BCUT2D eigenvalue weighted by atomic mass is 16.4. The van der Waals surface area contributed by atoms with Crippen LogP contribution in [0.2, 0.25) is 0 Å². The van der Waals surface area contributed by atoms with Crippen molar-refractivity contribution in [3.8, 4) is 0 Å². The number of carboxylic acids is 1. The molecule has 0 aromatic carbocycles. The molecule has 1 unspecified atom stereocenters. The van der Waals surface area contributed by atoms with Crippen molar-refractivity contribution in [2.75, 3.05) is 13.1 Å². The van der Waals surface area contributed by atoms with Gasteiger partial charge in [-0.15, -0.1) is 0 Å². The lowest BCUT2D eigenvalue weighted by molar-refractivity contribution is -0.151. The van der Waals surface area contributed by atoms with E-state index in [0.29, 0.717) is 0 Å². The minimum absolute atomic E-state index is 0.639. The Morgan fingerprint density at radius 1 is 1.18 bits per heavy atom. The number of likely N-dealkylation sites (tertiary alicyclic amines) is 1. The molecule has 0 radical (unpaired) electrons. The molecule has 100 valence electrons. The van der Waals surface area contributed by atoms with Gasteiger partial charge in [-0.05, 0) is 39.3 Å². The van der Waals surface area contributed by atoms with E-state index in [9.17, 15) is 9.90 Å². The van der Waals surface area contributed by atoms with E-state index in [4.69, 9.17) is 0 Å². The molecule has 0 aromatic heterocycles. The van der Waals surface area contributed by atoms with E-state index in [0.717, 1.165) is 51.6 Å². The van der Waals surface area contributed by atoms with Crippen molar-refractivity contribution in [1.29, 1.82) is 0 Å². The first-order chi connectivity index (χ1) is 8.11. The zero-order chi connectivity index (χ0) is 12.7. The number of hydrogen-bond donors (Lipinski definition) is 1. The lowest BCUT2D eigenvalue weighted by Gasteiger charge is -2.37. The smallest absolute Gasteiger partial charge is 0.323 e. The van der Waals surface area contributed by atoms with Gasteiger partial charge in [-0.25, -0.2) is 0 Å². The summed E-state index contributed by atoms with van der Waals surface area (Å²) in [5.74, 6) is -0.643. The van der Waals surface area contributed by atoms with Crippen molar-refractivity contribution in [3.63, 3.8) is 0 Å². The van der Waals surface area contributed by atoms with Crippen molar-refractivity contribution in [3.05, 3.63) is 0 Å². The highest BCUT2D eigenvalue weighted by molar-refractivity contribution is 5.78. The van der Waals surface area contributed by atoms with E-state index in [1.54, 1.807) is 0 Å². The van der Waals surface area contributed by atoms with E-state index in [-0.39, 0.29) is 0 Å². The van der Waals surface area contributed by atoms with Gasteiger partial charge in [-0.3, -0.25) is 9.69 Å². The SMILES string of the molecule is CCCCCC(C)(C(=O)O)N1CCCCCC1. The van der Waals surface area contributed by atoms with E-state index < -0.39 is 11.5 Å². The van der Waals surface area contributed by atoms with Crippen LogP contribution in [0.3, 0.4) is 0 Å². The van der Waals surface area contributed by atoms with Crippen molar-refractivity contribution in [1.82, 2.24) is 4.90 Å². The summed E-state index contributed by atoms with van der Waals surface area (Å²) in [6.07, 6.45) is 8.90. The predicted octanol–water partition coefficient (Wildman–Crippen LogP) is 3.29. The molecule has 0 aliphatic carbocycles. The summed E-state index contributed by atoms with van der Waals surface area (Å²) in [5, 5.41) is 9.53. The molecule has 1 aliphatic heterocycles. The first-order valence-electron chi connectivity index (χ1n) is 7.09. The number of unbranched alkanes of at least 4 members (excludes halogenated alkanes) is 2. The number of carbonyl (C=O) groups is 1. The Balaban J connectivity index is 2.63. The minimum atomic E-state index is -0.643. The van der Waals surface area contributed by atoms with Gasteiger partial charge >= 0.3 is 5.97 Å². The zero-order valence-corrected chi connectivity index (χ0v) is 11.4. The molecule has 1 N–H and O–H groups in total. The molecule has 1 fully saturated rings. The summed E-state index contributed by atoms with van der Waals surface area (Å²) in [5.41, 5.74) is -0.639. The van der Waals surface area contributed by atoms with Crippen LogP contribution in [0.15, 0.2) is 0 Å². The third-order valence-corrected chi connectivity index (χ3v) is 4.03. The monoisotopic (exact) mass is 241 g/mol. The van der Waals surface area contributed by atoms with Gasteiger partial charge in [0.2, 0.25) is 0 Å². The molecule has 0 spiro atoms. The quantitative estimate of drug-likeness (QED) is 0.725.